The van der Waals surface area contributed by atoms with Crippen molar-refractivity contribution in [3.63, 3.8) is 0 Å². The highest BCUT2D eigenvalue weighted by atomic mass is 35.5. The number of nitrogens with zero attached hydrogens (tertiary/aromatic N) is 7. The number of pyridine rings is 3. The Morgan fingerprint density at radius 3 is 2.59 bits per heavy atom. The van der Waals surface area contributed by atoms with Gasteiger partial charge in [-0.25, -0.2) is 14.2 Å². The van der Waals surface area contributed by atoms with Gasteiger partial charge in [0.05, 0.1) is 29.1 Å². The summed E-state index contributed by atoms with van der Waals surface area (Å²) in [6.07, 6.45) is 4.70. The molecule has 3 aliphatic rings. The minimum absolute atomic E-state index is 0.0161. The van der Waals surface area contributed by atoms with Gasteiger partial charge in [-0.05, 0) is 69.3 Å². The predicted octanol–water partition coefficient (Wildman–Crippen LogP) is 4.13. The molecule has 2 saturated heterocycles. The second-order valence-corrected chi connectivity index (χ2v) is 13.2. The first-order valence-electron chi connectivity index (χ1n) is 15.2. The number of hydrogen-bond donors (Lipinski definition) is 1. The standard InChI is InChI=1S/C33H35ClFN7O4/c1-38(2)21-14-40(15-21)29-7-5-19(13-36-29)41-16-23(33(44)45)31(43)22-11-25(35)28(12-27(22)41)42-20(9-18-10-26(18)42)17-46-32-24(34)6-8-30(37-32)39(3)4/h5-8,11-13,16,18,20-21,26H,9-10,14-15,17H2,1-4H3,(H,44,45)/t18-,20-,26+/m1/s1. The Hall–Kier alpha value is -4.42. The zero-order valence-electron chi connectivity index (χ0n) is 26.0. The van der Waals surface area contributed by atoms with Crippen LogP contribution < -0.4 is 24.9 Å². The molecule has 1 aliphatic carbocycles. The molecule has 11 nitrogen and oxygen atoms in total. The molecule has 4 aromatic rings. The maximum Gasteiger partial charge on any atom is 0.341 e. The first-order chi connectivity index (χ1) is 22.0. The average molecular weight is 648 g/mol. The van der Waals surface area contributed by atoms with Crippen molar-refractivity contribution >= 4 is 45.8 Å². The highest BCUT2D eigenvalue weighted by Crippen LogP contribution is 2.50. The highest BCUT2D eigenvalue weighted by molar-refractivity contribution is 6.31. The zero-order valence-corrected chi connectivity index (χ0v) is 26.8. The number of carboxylic acids is 1. The molecule has 1 N–H and O–H groups in total. The molecule has 13 heteroatoms. The molecule has 7 rings (SSSR count). The molecule has 0 amide bonds. The van der Waals surface area contributed by atoms with Gasteiger partial charge in [0.15, 0.2) is 0 Å². The van der Waals surface area contributed by atoms with E-state index in [1.54, 1.807) is 29.0 Å². The van der Waals surface area contributed by atoms with Gasteiger partial charge in [0, 0.05) is 50.9 Å². The molecule has 3 fully saturated rings. The van der Waals surface area contributed by atoms with Gasteiger partial charge in [0.1, 0.15) is 34.6 Å². The monoisotopic (exact) mass is 647 g/mol. The van der Waals surface area contributed by atoms with Gasteiger partial charge in [-0.1, -0.05) is 11.6 Å². The van der Waals surface area contributed by atoms with Crippen LogP contribution in [0.15, 0.2) is 53.6 Å². The van der Waals surface area contributed by atoms with E-state index in [4.69, 9.17) is 16.3 Å². The van der Waals surface area contributed by atoms with Crippen LogP contribution >= 0.6 is 11.6 Å². The van der Waals surface area contributed by atoms with E-state index < -0.39 is 22.8 Å². The van der Waals surface area contributed by atoms with Crippen LogP contribution in [0, 0.1) is 11.7 Å². The third-order valence-corrected chi connectivity index (χ3v) is 9.68. The van der Waals surface area contributed by atoms with Crippen LogP contribution in [0.25, 0.3) is 16.6 Å². The molecule has 240 valence electrons. The van der Waals surface area contributed by atoms with E-state index >= 15 is 4.39 Å². The van der Waals surface area contributed by atoms with Gasteiger partial charge < -0.3 is 34.0 Å². The Morgan fingerprint density at radius 2 is 1.91 bits per heavy atom. The summed E-state index contributed by atoms with van der Waals surface area (Å²) in [6.45, 7) is 1.96. The van der Waals surface area contributed by atoms with Crippen LogP contribution in [-0.4, -0.2) is 96.5 Å². The largest absolute Gasteiger partial charge is 0.477 e. The number of likely N-dealkylation sites (N-methyl/N-ethyl adjacent to an activating group) is 1. The third kappa shape index (κ3) is 5.28. The fourth-order valence-electron chi connectivity index (χ4n) is 6.60. The summed E-state index contributed by atoms with van der Waals surface area (Å²) < 4.78 is 23.7. The lowest BCUT2D eigenvalue weighted by Gasteiger charge is -2.43. The molecule has 46 heavy (non-hydrogen) atoms. The zero-order chi connectivity index (χ0) is 32.4. The van der Waals surface area contributed by atoms with E-state index in [2.05, 4.69) is 33.9 Å². The van der Waals surface area contributed by atoms with Gasteiger partial charge in [0.2, 0.25) is 11.3 Å². The number of piperidine rings is 1. The van der Waals surface area contributed by atoms with E-state index in [0.717, 1.165) is 37.8 Å². The van der Waals surface area contributed by atoms with Crippen LogP contribution in [0.4, 0.5) is 21.7 Å². The number of carbonyl (C=O) groups is 1. The van der Waals surface area contributed by atoms with Crippen molar-refractivity contribution in [2.75, 3.05) is 62.6 Å². The average Bonchev–Trinajstić information content (AvgIpc) is 3.66. The van der Waals surface area contributed by atoms with Crippen molar-refractivity contribution in [2.45, 2.75) is 31.0 Å². The Morgan fingerprint density at radius 1 is 1.13 bits per heavy atom. The summed E-state index contributed by atoms with van der Waals surface area (Å²) in [5.41, 5.74) is 0.106. The van der Waals surface area contributed by atoms with Crippen molar-refractivity contribution in [1.29, 1.82) is 0 Å². The normalized spacial score (nSPS) is 20.6. The van der Waals surface area contributed by atoms with Crippen molar-refractivity contribution in [2.24, 2.45) is 5.92 Å². The smallest absolute Gasteiger partial charge is 0.341 e. The number of benzene rings is 1. The maximum atomic E-state index is 16.0. The Balaban J connectivity index is 1.24. The lowest BCUT2D eigenvalue weighted by molar-refractivity contribution is 0.0695. The Kier molecular flexibility index (Phi) is 7.51. The Labute approximate surface area is 270 Å². The summed E-state index contributed by atoms with van der Waals surface area (Å²) >= 11 is 6.39. The van der Waals surface area contributed by atoms with E-state index in [1.807, 2.05) is 36.0 Å². The lowest BCUT2D eigenvalue weighted by atomic mass is 10.1. The minimum atomic E-state index is -1.38. The molecule has 1 aromatic carbocycles. The van der Waals surface area contributed by atoms with Crippen LogP contribution in [0.2, 0.25) is 5.02 Å². The number of carboxylic acid groups (broad SMARTS) is 1. The minimum Gasteiger partial charge on any atom is -0.477 e. The van der Waals surface area contributed by atoms with E-state index in [-0.39, 0.29) is 24.1 Å². The molecule has 2 aliphatic heterocycles. The predicted molar refractivity (Wildman–Crippen MR) is 176 cm³/mol. The maximum absolute atomic E-state index is 16.0. The molecule has 0 unspecified atom stereocenters. The number of aromatic carboxylic acids is 1. The van der Waals surface area contributed by atoms with E-state index in [9.17, 15) is 14.7 Å². The van der Waals surface area contributed by atoms with Crippen molar-refractivity contribution in [3.05, 3.63) is 75.4 Å². The van der Waals surface area contributed by atoms with Crippen molar-refractivity contribution in [3.8, 4) is 11.6 Å². The quantitative estimate of drug-likeness (QED) is 0.285. The van der Waals surface area contributed by atoms with Crippen molar-refractivity contribution < 1.29 is 19.0 Å². The first kappa shape index (κ1) is 30.2. The van der Waals surface area contributed by atoms with Crippen molar-refractivity contribution in [1.82, 2.24) is 19.4 Å². The molecule has 3 atom stereocenters. The van der Waals surface area contributed by atoms with Gasteiger partial charge >= 0.3 is 5.97 Å². The second kappa shape index (κ2) is 11.4. The van der Waals surface area contributed by atoms with E-state index in [0.29, 0.717) is 45.6 Å². The van der Waals surface area contributed by atoms with Crippen LogP contribution in [0.5, 0.6) is 5.88 Å². The lowest BCUT2D eigenvalue weighted by Crippen LogP contribution is -2.57. The topological polar surface area (TPSA) is 107 Å². The molecular formula is C33H35ClFN7O4. The number of fused-ring (bicyclic) bond motifs is 2. The summed E-state index contributed by atoms with van der Waals surface area (Å²) in [5, 5.41) is 10.2. The molecule has 0 bridgehead atoms. The van der Waals surface area contributed by atoms with Gasteiger partial charge in [-0.2, -0.15) is 4.98 Å². The summed E-state index contributed by atoms with van der Waals surface area (Å²) in [5.74, 6) is 0.255. The first-order valence-corrected chi connectivity index (χ1v) is 15.6. The number of halogens is 2. The summed E-state index contributed by atoms with van der Waals surface area (Å²) in [6, 6.07) is 10.5. The molecule has 0 spiro atoms. The molecule has 1 saturated carbocycles. The molecule has 3 aromatic heterocycles. The number of rotatable bonds is 9. The second-order valence-electron chi connectivity index (χ2n) is 12.8. The molecule has 5 heterocycles. The van der Waals surface area contributed by atoms with Gasteiger partial charge in [0.25, 0.3) is 0 Å². The molecule has 0 radical (unpaired) electrons. The Bertz CT molecular complexity index is 1890. The fourth-order valence-corrected chi connectivity index (χ4v) is 6.76. The number of ether oxygens (including phenoxy) is 1. The molecular weight excluding hydrogens is 613 g/mol. The number of aromatic nitrogens is 3. The van der Waals surface area contributed by atoms with Crippen LogP contribution in [0.3, 0.4) is 0 Å². The van der Waals surface area contributed by atoms with Crippen LogP contribution in [0.1, 0.15) is 23.2 Å². The third-order valence-electron chi connectivity index (χ3n) is 9.39. The fraction of sp³-hybridized carbons (Fsp3) is 0.394. The SMILES string of the molecule is CN(C)c1ccc(Cl)c(OC[C@H]2C[C@@H]3C[C@@H]3N2c2cc3c(cc2F)c(=O)c(C(=O)O)cn3-c2ccc(N3CC(N(C)C)C3)nc2)n1. The highest BCUT2D eigenvalue weighted by Gasteiger charge is 2.53. The van der Waals surface area contributed by atoms with Gasteiger partial charge in [-0.15, -0.1) is 0 Å². The number of hydrogen-bond acceptors (Lipinski definition) is 9. The number of anilines is 3. The van der Waals surface area contributed by atoms with Crippen LogP contribution in [-0.2, 0) is 0 Å². The van der Waals surface area contributed by atoms with Gasteiger partial charge in [-0.3, -0.25) is 4.79 Å². The van der Waals surface area contributed by atoms with E-state index in [1.165, 1.54) is 6.20 Å². The summed E-state index contributed by atoms with van der Waals surface area (Å²) in [4.78, 5) is 42.7. The summed E-state index contributed by atoms with van der Waals surface area (Å²) in [7, 11) is 7.86.